The number of rotatable bonds is 3. The van der Waals surface area contributed by atoms with E-state index in [0.29, 0.717) is 11.7 Å². The maximum absolute atomic E-state index is 5.77. The number of nitrogens with two attached hydrogens (primary N) is 1. The molecule has 0 spiro atoms. The molecule has 0 radical (unpaired) electrons. The zero-order valence-electron chi connectivity index (χ0n) is 10.7. The zero-order valence-corrected chi connectivity index (χ0v) is 10.7. The maximum atomic E-state index is 5.77. The summed E-state index contributed by atoms with van der Waals surface area (Å²) < 4.78 is 5.77. The molecular weight excluding hydrogens is 216 g/mol. The number of hydrogen-bond acceptors (Lipinski definition) is 5. The van der Waals surface area contributed by atoms with E-state index in [1.165, 1.54) is 0 Å². The van der Waals surface area contributed by atoms with Gasteiger partial charge < -0.3 is 10.2 Å². The fraction of sp³-hybridized carbons (Fsp3) is 0.667. The molecular formula is C12H20N4O. The van der Waals surface area contributed by atoms with Crippen LogP contribution in [0.1, 0.15) is 51.0 Å². The Bertz CT molecular complexity index is 399. The van der Waals surface area contributed by atoms with Gasteiger partial charge in [-0.3, -0.25) is 0 Å². The third-order valence-electron chi connectivity index (χ3n) is 3.18. The van der Waals surface area contributed by atoms with Crippen molar-refractivity contribution < 1.29 is 4.74 Å². The highest BCUT2D eigenvalue weighted by Crippen LogP contribution is 2.34. The fourth-order valence-electron chi connectivity index (χ4n) is 2.03. The number of hydrazine groups is 1. The molecule has 0 bridgehead atoms. The molecule has 1 atom stereocenters. The van der Waals surface area contributed by atoms with Gasteiger partial charge in [-0.1, -0.05) is 13.8 Å². The first-order valence-corrected chi connectivity index (χ1v) is 6.05. The Morgan fingerprint density at radius 2 is 2.24 bits per heavy atom. The molecule has 3 N–H and O–H groups in total. The number of hydrogen-bond donors (Lipinski definition) is 2. The smallest absolute Gasteiger partial charge is 0.162 e. The zero-order chi connectivity index (χ0) is 12.5. The summed E-state index contributed by atoms with van der Waals surface area (Å²) in [4.78, 5) is 9.02. The van der Waals surface area contributed by atoms with Gasteiger partial charge in [-0.05, 0) is 25.7 Å². The van der Waals surface area contributed by atoms with E-state index in [4.69, 9.17) is 10.6 Å². The van der Waals surface area contributed by atoms with Crippen LogP contribution in [0.2, 0.25) is 0 Å². The predicted molar refractivity (Wildman–Crippen MR) is 66.5 cm³/mol. The monoisotopic (exact) mass is 236 g/mol. The van der Waals surface area contributed by atoms with Crippen molar-refractivity contribution >= 4 is 5.82 Å². The lowest BCUT2D eigenvalue weighted by atomic mass is 10.0. The van der Waals surface area contributed by atoms with Gasteiger partial charge in [0.1, 0.15) is 11.4 Å². The average Bonchev–Trinajstić information content (AvgIpc) is 2.77. The van der Waals surface area contributed by atoms with Crippen molar-refractivity contribution in [2.75, 3.05) is 12.0 Å². The minimum atomic E-state index is -0.365. The molecule has 1 unspecified atom stereocenters. The molecule has 0 amide bonds. The lowest BCUT2D eigenvalue weighted by Crippen LogP contribution is -2.25. The van der Waals surface area contributed by atoms with Gasteiger partial charge in [0, 0.05) is 18.4 Å². The van der Waals surface area contributed by atoms with Gasteiger partial charge >= 0.3 is 0 Å². The van der Waals surface area contributed by atoms with E-state index in [9.17, 15) is 0 Å². The van der Waals surface area contributed by atoms with E-state index in [-0.39, 0.29) is 5.60 Å². The Morgan fingerprint density at radius 1 is 1.47 bits per heavy atom. The molecule has 1 aromatic rings. The van der Waals surface area contributed by atoms with Crippen molar-refractivity contribution in [1.82, 2.24) is 9.97 Å². The molecule has 0 aromatic carbocycles. The molecule has 17 heavy (non-hydrogen) atoms. The Morgan fingerprint density at radius 3 is 2.76 bits per heavy atom. The molecule has 5 nitrogen and oxygen atoms in total. The van der Waals surface area contributed by atoms with Gasteiger partial charge in [-0.2, -0.15) is 0 Å². The Hall–Kier alpha value is -1.20. The Balaban J connectivity index is 2.42. The second-order valence-electron chi connectivity index (χ2n) is 4.98. The summed E-state index contributed by atoms with van der Waals surface area (Å²) in [5.41, 5.74) is 3.22. The highest BCUT2D eigenvalue weighted by atomic mass is 16.5. The number of anilines is 1. The number of aromatic nitrogens is 2. The first-order valence-electron chi connectivity index (χ1n) is 6.05. The predicted octanol–water partition coefficient (Wildman–Crippen LogP) is 1.91. The van der Waals surface area contributed by atoms with Crippen molar-refractivity contribution in [2.24, 2.45) is 5.84 Å². The van der Waals surface area contributed by atoms with Crippen molar-refractivity contribution in [3.8, 4) is 0 Å². The molecule has 5 heteroatoms. The van der Waals surface area contributed by atoms with Crippen LogP contribution in [-0.4, -0.2) is 16.6 Å². The van der Waals surface area contributed by atoms with Gasteiger partial charge in [0.05, 0.1) is 0 Å². The lowest BCUT2D eigenvalue weighted by molar-refractivity contribution is 0.00923. The maximum Gasteiger partial charge on any atom is 0.162 e. The average molecular weight is 236 g/mol. The lowest BCUT2D eigenvalue weighted by Gasteiger charge is -2.23. The van der Waals surface area contributed by atoms with Crippen LogP contribution in [0, 0.1) is 0 Å². The largest absolute Gasteiger partial charge is 0.367 e. The van der Waals surface area contributed by atoms with E-state index in [1.807, 2.05) is 13.0 Å². The molecule has 1 aliphatic rings. The van der Waals surface area contributed by atoms with Crippen molar-refractivity contribution in [3.05, 3.63) is 17.6 Å². The van der Waals surface area contributed by atoms with E-state index in [1.54, 1.807) is 0 Å². The number of nitrogens with one attached hydrogen (secondary N) is 1. The molecule has 94 valence electrons. The third kappa shape index (κ3) is 2.40. The molecule has 1 fully saturated rings. The molecule has 1 aromatic heterocycles. The number of nitrogens with zero attached hydrogens (tertiary/aromatic N) is 2. The van der Waals surface area contributed by atoms with Crippen molar-refractivity contribution in [2.45, 2.75) is 45.1 Å². The number of nitrogen functional groups attached to an aromatic ring is 1. The van der Waals surface area contributed by atoms with Crippen LogP contribution in [0.25, 0.3) is 0 Å². The number of ether oxygens (including phenoxy) is 1. The quantitative estimate of drug-likeness (QED) is 0.619. The van der Waals surface area contributed by atoms with Crippen LogP contribution < -0.4 is 11.3 Å². The summed E-state index contributed by atoms with van der Waals surface area (Å²) in [6.07, 6.45) is 2.01. The van der Waals surface area contributed by atoms with E-state index < -0.39 is 0 Å². The standard InChI is InChI=1S/C12H20N4O/c1-8(2)9-7-10(16-13)15-11(14-9)12(3)5-4-6-17-12/h7-8H,4-6,13H2,1-3H3,(H,14,15,16). The third-order valence-corrected chi connectivity index (χ3v) is 3.18. The summed E-state index contributed by atoms with van der Waals surface area (Å²) in [6.45, 7) is 7.02. The summed E-state index contributed by atoms with van der Waals surface area (Å²) in [5.74, 6) is 7.17. The summed E-state index contributed by atoms with van der Waals surface area (Å²) in [6, 6.07) is 1.88. The van der Waals surface area contributed by atoms with E-state index >= 15 is 0 Å². The van der Waals surface area contributed by atoms with Crippen molar-refractivity contribution in [1.29, 1.82) is 0 Å². The van der Waals surface area contributed by atoms with Gasteiger partial charge in [0.25, 0.3) is 0 Å². The van der Waals surface area contributed by atoms with Crippen LogP contribution in [0.15, 0.2) is 6.07 Å². The second kappa shape index (κ2) is 4.58. The molecule has 0 aliphatic carbocycles. The molecule has 1 aliphatic heterocycles. The van der Waals surface area contributed by atoms with E-state index in [0.717, 1.165) is 31.0 Å². The fourth-order valence-corrected chi connectivity index (χ4v) is 2.03. The topological polar surface area (TPSA) is 73.1 Å². The van der Waals surface area contributed by atoms with Gasteiger partial charge in [-0.15, -0.1) is 0 Å². The molecule has 0 saturated carbocycles. The van der Waals surface area contributed by atoms with Crippen LogP contribution in [0.3, 0.4) is 0 Å². The summed E-state index contributed by atoms with van der Waals surface area (Å²) in [7, 11) is 0. The molecule has 2 heterocycles. The minimum absolute atomic E-state index is 0.342. The molecule has 1 saturated heterocycles. The molecule has 2 rings (SSSR count). The van der Waals surface area contributed by atoms with Crippen LogP contribution in [0.5, 0.6) is 0 Å². The summed E-state index contributed by atoms with van der Waals surface area (Å²) >= 11 is 0. The van der Waals surface area contributed by atoms with Crippen LogP contribution in [0.4, 0.5) is 5.82 Å². The Labute approximate surface area is 102 Å². The van der Waals surface area contributed by atoms with Gasteiger partial charge in [0.2, 0.25) is 0 Å². The van der Waals surface area contributed by atoms with Crippen LogP contribution in [-0.2, 0) is 10.3 Å². The van der Waals surface area contributed by atoms with Crippen LogP contribution >= 0.6 is 0 Å². The normalized spacial score (nSPS) is 24.3. The Kier molecular flexibility index (Phi) is 3.31. The second-order valence-corrected chi connectivity index (χ2v) is 4.98. The highest BCUT2D eigenvalue weighted by Gasteiger charge is 2.35. The van der Waals surface area contributed by atoms with Gasteiger partial charge in [-0.25, -0.2) is 15.8 Å². The first kappa shape index (κ1) is 12.3. The highest BCUT2D eigenvalue weighted by molar-refractivity contribution is 5.36. The van der Waals surface area contributed by atoms with E-state index in [2.05, 4.69) is 29.2 Å². The van der Waals surface area contributed by atoms with Gasteiger partial charge in [0.15, 0.2) is 5.82 Å². The van der Waals surface area contributed by atoms with Crippen molar-refractivity contribution in [3.63, 3.8) is 0 Å². The SMILES string of the molecule is CC(C)c1cc(NN)nc(C2(C)CCCO2)n1. The minimum Gasteiger partial charge on any atom is -0.367 e. The summed E-state index contributed by atoms with van der Waals surface area (Å²) in [5, 5.41) is 0. The first-order chi connectivity index (χ1) is 8.05.